The molecule has 1 aromatic rings. The highest BCUT2D eigenvalue weighted by molar-refractivity contribution is 5.27. The van der Waals surface area contributed by atoms with Crippen LogP contribution >= 0.6 is 0 Å². The number of hydrogen-bond acceptors (Lipinski definition) is 2. The molecule has 0 aliphatic heterocycles. The zero-order valence-electron chi connectivity index (χ0n) is 13.6. The van der Waals surface area contributed by atoms with Crippen LogP contribution in [0.15, 0.2) is 24.3 Å². The fourth-order valence-corrected chi connectivity index (χ4v) is 3.30. The molecular formula is C18H30N2. The molecule has 0 heterocycles. The molecule has 0 spiro atoms. The Labute approximate surface area is 124 Å². The van der Waals surface area contributed by atoms with Gasteiger partial charge in [-0.2, -0.15) is 0 Å². The Bertz CT molecular complexity index is 415. The van der Waals surface area contributed by atoms with Gasteiger partial charge in [-0.1, -0.05) is 38.1 Å². The van der Waals surface area contributed by atoms with Crippen LogP contribution in [0.5, 0.6) is 0 Å². The van der Waals surface area contributed by atoms with Crippen LogP contribution in [-0.2, 0) is 13.1 Å². The van der Waals surface area contributed by atoms with Crippen molar-refractivity contribution in [1.29, 1.82) is 0 Å². The lowest BCUT2D eigenvalue weighted by molar-refractivity contribution is 0.123. The van der Waals surface area contributed by atoms with Crippen molar-refractivity contribution in [2.24, 2.45) is 5.41 Å². The fraction of sp³-hybridized carbons (Fsp3) is 0.667. The summed E-state index contributed by atoms with van der Waals surface area (Å²) in [4.78, 5) is 2.56. The minimum atomic E-state index is 0.557. The highest BCUT2D eigenvalue weighted by Crippen LogP contribution is 2.36. The van der Waals surface area contributed by atoms with Crippen molar-refractivity contribution in [3.05, 3.63) is 35.4 Å². The van der Waals surface area contributed by atoms with E-state index in [-0.39, 0.29) is 0 Å². The van der Waals surface area contributed by atoms with E-state index >= 15 is 0 Å². The lowest BCUT2D eigenvalue weighted by Gasteiger charge is -2.38. The molecular weight excluding hydrogens is 244 g/mol. The first-order valence-electron chi connectivity index (χ1n) is 7.93. The van der Waals surface area contributed by atoms with E-state index in [0.29, 0.717) is 5.41 Å². The predicted octanol–water partition coefficient (Wildman–Crippen LogP) is 3.81. The Hall–Kier alpha value is -0.860. The average Bonchev–Trinajstić information content (AvgIpc) is 2.41. The maximum atomic E-state index is 3.27. The van der Waals surface area contributed by atoms with Crippen LogP contribution in [0.4, 0.5) is 0 Å². The summed E-state index contributed by atoms with van der Waals surface area (Å²) in [6.45, 7) is 6.85. The standard InChI is InChI=1S/C18H30N2/c1-18(2)11-9-17(10-12-18)20(4)14-16-8-6-5-7-15(16)13-19-3/h5-8,17,19H,9-14H2,1-4H3. The largest absolute Gasteiger partial charge is 0.316 e. The van der Waals surface area contributed by atoms with Crippen LogP contribution < -0.4 is 5.32 Å². The van der Waals surface area contributed by atoms with E-state index in [4.69, 9.17) is 0 Å². The minimum Gasteiger partial charge on any atom is -0.316 e. The molecule has 1 N–H and O–H groups in total. The smallest absolute Gasteiger partial charge is 0.0236 e. The minimum absolute atomic E-state index is 0.557. The van der Waals surface area contributed by atoms with Crippen molar-refractivity contribution in [3.8, 4) is 0 Å². The molecule has 2 nitrogen and oxygen atoms in total. The molecule has 112 valence electrons. The van der Waals surface area contributed by atoms with Crippen LogP contribution in [0, 0.1) is 5.41 Å². The van der Waals surface area contributed by atoms with Crippen molar-refractivity contribution in [3.63, 3.8) is 0 Å². The van der Waals surface area contributed by atoms with Crippen LogP contribution in [-0.4, -0.2) is 25.0 Å². The van der Waals surface area contributed by atoms with E-state index in [1.165, 1.54) is 36.8 Å². The summed E-state index contributed by atoms with van der Waals surface area (Å²) < 4.78 is 0. The molecule has 1 aromatic carbocycles. The van der Waals surface area contributed by atoms with Gasteiger partial charge in [0, 0.05) is 19.1 Å². The van der Waals surface area contributed by atoms with Gasteiger partial charge in [0.2, 0.25) is 0 Å². The summed E-state index contributed by atoms with van der Waals surface area (Å²) in [7, 11) is 4.31. The van der Waals surface area contributed by atoms with E-state index in [1.54, 1.807) is 0 Å². The highest BCUT2D eigenvalue weighted by atomic mass is 15.1. The molecule has 0 saturated heterocycles. The first kappa shape index (κ1) is 15.5. The van der Waals surface area contributed by atoms with Gasteiger partial charge in [0.05, 0.1) is 0 Å². The zero-order valence-corrected chi connectivity index (χ0v) is 13.6. The first-order chi connectivity index (χ1) is 9.52. The third-order valence-electron chi connectivity index (χ3n) is 4.84. The molecule has 0 bridgehead atoms. The quantitative estimate of drug-likeness (QED) is 0.878. The summed E-state index contributed by atoms with van der Waals surface area (Å²) in [5.74, 6) is 0. The fourth-order valence-electron chi connectivity index (χ4n) is 3.30. The van der Waals surface area contributed by atoms with Gasteiger partial charge >= 0.3 is 0 Å². The van der Waals surface area contributed by atoms with Crippen molar-refractivity contribution < 1.29 is 0 Å². The van der Waals surface area contributed by atoms with Crippen molar-refractivity contribution in [2.75, 3.05) is 14.1 Å². The highest BCUT2D eigenvalue weighted by Gasteiger charge is 2.28. The molecule has 1 aliphatic rings. The van der Waals surface area contributed by atoms with E-state index in [2.05, 4.69) is 55.4 Å². The number of benzene rings is 1. The molecule has 2 heteroatoms. The average molecular weight is 274 g/mol. The number of nitrogens with one attached hydrogen (secondary N) is 1. The van der Waals surface area contributed by atoms with Gasteiger partial charge < -0.3 is 5.32 Å². The van der Waals surface area contributed by atoms with E-state index in [9.17, 15) is 0 Å². The van der Waals surface area contributed by atoms with E-state index < -0.39 is 0 Å². The molecule has 0 atom stereocenters. The van der Waals surface area contributed by atoms with Crippen LogP contribution in [0.2, 0.25) is 0 Å². The summed E-state index contributed by atoms with van der Waals surface area (Å²) in [5, 5.41) is 3.27. The predicted molar refractivity (Wildman–Crippen MR) is 86.7 cm³/mol. The Morgan fingerprint density at radius 1 is 1.15 bits per heavy atom. The molecule has 0 radical (unpaired) electrons. The molecule has 1 saturated carbocycles. The Balaban J connectivity index is 1.96. The van der Waals surface area contributed by atoms with Gasteiger partial charge in [-0.15, -0.1) is 0 Å². The Morgan fingerprint density at radius 2 is 1.75 bits per heavy atom. The molecule has 1 aliphatic carbocycles. The van der Waals surface area contributed by atoms with E-state index in [0.717, 1.165) is 19.1 Å². The monoisotopic (exact) mass is 274 g/mol. The van der Waals surface area contributed by atoms with E-state index in [1.807, 2.05) is 7.05 Å². The molecule has 0 aromatic heterocycles. The molecule has 20 heavy (non-hydrogen) atoms. The Kier molecular flexibility index (Phi) is 5.22. The molecule has 0 unspecified atom stereocenters. The van der Waals surface area contributed by atoms with Crippen molar-refractivity contribution in [2.45, 2.75) is 58.7 Å². The number of nitrogens with zero attached hydrogens (tertiary/aromatic N) is 1. The maximum Gasteiger partial charge on any atom is 0.0236 e. The van der Waals surface area contributed by atoms with Gasteiger partial charge in [-0.3, -0.25) is 4.90 Å². The lowest BCUT2D eigenvalue weighted by atomic mass is 9.75. The Morgan fingerprint density at radius 3 is 2.35 bits per heavy atom. The maximum absolute atomic E-state index is 3.27. The van der Waals surface area contributed by atoms with Gasteiger partial charge in [-0.05, 0) is 56.3 Å². The summed E-state index contributed by atoms with van der Waals surface area (Å²) >= 11 is 0. The summed E-state index contributed by atoms with van der Waals surface area (Å²) in [6, 6.07) is 9.57. The number of rotatable bonds is 5. The third-order valence-corrected chi connectivity index (χ3v) is 4.84. The number of hydrogen-bond donors (Lipinski definition) is 1. The summed E-state index contributed by atoms with van der Waals surface area (Å²) in [6.07, 6.45) is 5.41. The van der Waals surface area contributed by atoms with Gasteiger partial charge in [0.25, 0.3) is 0 Å². The second-order valence-electron chi connectivity index (χ2n) is 7.11. The first-order valence-corrected chi connectivity index (χ1v) is 7.93. The van der Waals surface area contributed by atoms with Crippen molar-refractivity contribution >= 4 is 0 Å². The molecule has 2 rings (SSSR count). The van der Waals surface area contributed by atoms with Gasteiger partial charge in [-0.25, -0.2) is 0 Å². The second kappa shape index (κ2) is 6.73. The normalized spacial score (nSPS) is 19.4. The second-order valence-corrected chi connectivity index (χ2v) is 7.11. The zero-order chi connectivity index (χ0) is 14.6. The van der Waals surface area contributed by atoms with Crippen molar-refractivity contribution in [1.82, 2.24) is 10.2 Å². The van der Waals surface area contributed by atoms with Crippen LogP contribution in [0.3, 0.4) is 0 Å². The van der Waals surface area contributed by atoms with Gasteiger partial charge in [0.1, 0.15) is 0 Å². The molecule has 0 amide bonds. The van der Waals surface area contributed by atoms with Crippen LogP contribution in [0.1, 0.15) is 50.7 Å². The summed E-state index contributed by atoms with van der Waals surface area (Å²) in [5.41, 5.74) is 3.45. The third kappa shape index (κ3) is 4.07. The lowest BCUT2D eigenvalue weighted by Crippen LogP contribution is -2.37. The molecule has 1 fully saturated rings. The SMILES string of the molecule is CNCc1ccccc1CN(C)C1CCC(C)(C)CC1. The topological polar surface area (TPSA) is 15.3 Å². The van der Waals surface area contributed by atoms with Crippen LogP contribution in [0.25, 0.3) is 0 Å². The van der Waals surface area contributed by atoms with Gasteiger partial charge in [0.15, 0.2) is 0 Å².